The zero-order chi connectivity index (χ0) is 14.1. The fraction of sp³-hybridized carbons (Fsp3) is 0.385. The van der Waals surface area contributed by atoms with Gasteiger partial charge in [0.05, 0.1) is 6.54 Å². The lowest BCUT2D eigenvalue weighted by molar-refractivity contribution is 0.305. The van der Waals surface area contributed by atoms with E-state index in [0.29, 0.717) is 0 Å². The smallest absolute Gasteiger partial charge is 0.147 e. The first-order valence-electron chi connectivity index (χ1n) is 6.38. The summed E-state index contributed by atoms with van der Waals surface area (Å²) in [7, 11) is 3.96. The van der Waals surface area contributed by atoms with E-state index in [1.54, 1.807) is 0 Å². The summed E-state index contributed by atoms with van der Waals surface area (Å²) < 4.78 is 6.52. The Hall–Kier alpha value is -2.28. The number of nitrogens with zero attached hydrogens (tertiary/aromatic N) is 6. The van der Waals surface area contributed by atoms with Gasteiger partial charge in [0.15, 0.2) is 0 Å². The van der Waals surface area contributed by atoms with Crippen LogP contribution in [0.25, 0.3) is 11.0 Å². The van der Waals surface area contributed by atoms with Gasteiger partial charge in [0, 0.05) is 13.6 Å². The molecule has 104 valence electrons. The van der Waals surface area contributed by atoms with Crippen LogP contribution in [0.4, 0.5) is 0 Å². The van der Waals surface area contributed by atoms with Crippen molar-refractivity contribution in [3.8, 4) is 0 Å². The molecule has 0 saturated carbocycles. The normalized spacial score (nSPS) is 11.6. The van der Waals surface area contributed by atoms with Crippen molar-refractivity contribution < 1.29 is 4.63 Å². The lowest BCUT2D eigenvalue weighted by Crippen LogP contribution is -2.19. The van der Waals surface area contributed by atoms with Crippen molar-refractivity contribution in [2.24, 2.45) is 7.05 Å². The van der Waals surface area contributed by atoms with Crippen LogP contribution in [0.5, 0.6) is 0 Å². The van der Waals surface area contributed by atoms with Gasteiger partial charge in [-0.15, -0.1) is 0 Å². The Labute approximate surface area is 116 Å². The van der Waals surface area contributed by atoms with Crippen molar-refractivity contribution in [2.75, 3.05) is 7.05 Å². The molecule has 1 aromatic carbocycles. The second kappa shape index (κ2) is 5.01. The van der Waals surface area contributed by atoms with Crippen LogP contribution in [-0.2, 0) is 20.1 Å². The monoisotopic (exact) mass is 272 g/mol. The van der Waals surface area contributed by atoms with E-state index in [1.807, 2.05) is 36.9 Å². The Morgan fingerprint density at radius 1 is 1.20 bits per heavy atom. The molecule has 0 amide bonds. The second-order valence-corrected chi connectivity index (χ2v) is 4.96. The first-order valence-corrected chi connectivity index (χ1v) is 6.38. The largest absolute Gasteiger partial charge is 0.295 e. The summed E-state index contributed by atoms with van der Waals surface area (Å²) >= 11 is 0. The summed E-state index contributed by atoms with van der Waals surface area (Å²) in [5, 5.41) is 11.9. The Morgan fingerprint density at radius 2 is 2.00 bits per heavy atom. The van der Waals surface area contributed by atoms with Crippen molar-refractivity contribution in [3.63, 3.8) is 0 Å². The van der Waals surface area contributed by atoms with Gasteiger partial charge in [0.2, 0.25) is 0 Å². The number of benzene rings is 1. The highest BCUT2D eigenvalue weighted by molar-refractivity contribution is 5.73. The maximum absolute atomic E-state index is 4.70. The van der Waals surface area contributed by atoms with E-state index in [0.717, 1.165) is 41.3 Å². The molecule has 3 rings (SSSR count). The molecule has 0 saturated heterocycles. The Bertz CT molecular complexity index is 731. The topological polar surface area (TPSA) is 72.9 Å². The van der Waals surface area contributed by atoms with Crippen LogP contribution in [0.1, 0.15) is 17.2 Å². The minimum absolute atomic E-state index is 0.743. The first-order chi connectivity index (χ1) is 9.61. The van der Waals surface area contributed by atoms with Gasteiger partial charge < -0.3 is 0 Å². The molecular formula is C13H16N6O. The van der Waals surface area contributed by atoms with Crippen LogP contribution in [0, 0.1) is 6.92 Å². The van der Waals surface area contributed by atoms with E-state index in [2.05, 4.69) is 32.3 Å². The molecule has 0 aliphatic heterocycles. The van der Waals surface area contributed by atoms with Crippen molar-refractivity contribution in [2.45, 2.75) is 20.0 Å². The molecule has 0 aliphatic rings. The number of aryl methyl sites for hydroxylation is 2. The average Bonchev–Trinajstić information content (AvgIpc) is 2.96. The van der Waals surface area contributed by atoms with Crippen molar-refractivity contribution in [1.82, 2.24) is 30.0 Å². The predicted octanol–water partition coefficient (Wildman–Crippen LogP) is 1.29. The molecule has 0 aliphatic carbocycles. The van der Waals surface area contributed by atoms with Crippen molar-refractivity contribution in [1.29, 1.82) is 0 Å². The first kappa shape index (κ1) is 12.7. The highest BCUT2D eigenvalue weighted by atomic mass is 16.6. The van der Waals surface area contributed by atoms with Gasteiger partial charge in [0.1, 0.15) is 22.7 Å². The van der Waals surface area contributed by atoms with Gasteiger partial charge in [-0.2, -0.15) is 5.10 Å². The van der Waals surface area contributed by atoms with E-state index in [9.17, 15) is 0 Å². The second-order valence-electron chi connectivity index (χ2n) is 4.96. The van der Waals surface area contributed by atoms with Crippen LogP contribution in [-0.4, -0.2) is 37.0 Å². The average molecular weight is 272 g/mol. The SMILES string of the molecule is Cc1nc(CN(C)Cc2ccc3nonc3c2)n(C)n1. The highest BCUT2D eigenvalue weighted by Gasteiger charge is 2.09. The number of hydrogen-bond acceptors (Lipinski definition) is 6. The zero-order valence-corrected chi connectivity index (χ0v) is 11.7. The van der Waals surface area contributed by atoms with Gasteiger partial charge in [-0.05, 0) is 42.0 Å². The third-order valence-corrected chi connectivity index (χ3v) is 3.14. The van der Waals surface area contributed by atoms with Crippen molar-refractivity contribution in [3.05, 3.63) is 35.4 Å². The van der Waals surface area contributed by atoms with Gasteiger partial charge in [-0.25, -0.2) is 9.61 Å². The molecule has 7 nitrogen and oxygen atoms in total. The third-order valence-electron chi connectivity index (χ3n) is 3.14. The minimum atomic E-state index is 0.743. The van der Waals surface area contributed by atoms with Crippen LogP contribution in [0.2, 0.25) is 0 Å². The Morgan fingerprint density at radius 3 is 2.75 bits per heavy atom. The highest BCUT2D eigenvalue weighted by Crippen LogP contribution is 2.13. The molecule has 0 fully saturated rings. The molecule has 2 heterocycles. The third kappa shape index (κ3) is 2.53. The molecule has 0 spiro atoms. The standard InChI is InChI=1S/C13H16N6O/c1-9-14-13(19(3)15-9)8-18(2)7-10-4-5-11-12(6-10)17-20-16-11/h4-6H,7-8H2,1-3H3. The van der Waals surface area contributed by atoms with Gasteiger partial charge in [0.25, 0.3) is 0 Å². The summed E-state index contributed by atoms with van der Waals surface area (Å²) in [5.41, 5.74) is 2.72. The zero-order valence-electron chi connectivity index (χ0n) is 11.7. The molecule has 3 aromatic rings. The maximum atomic E-state index is 4.70. The molecule has 0 bridgehead atoms. The quantitative estimate of drug-likeness (QED) is 0.712. The van der Waals surface area contributed by atoms with E-state index < -0.39 is 0 Å². The number of hydrogen-bond donors (Lipinski definition) is 0. The maximum Gasteiger partial charge on any atom is 0.147 e. The fourth-order valence-corrected chi connectivity index (χ4v) is 2.23. The van der Waals surface area contributed by atoms with Crippen LogP contribution >= 0.6 is 0 Å². The molecule has 0 N–H and O–H groups in total. The number of aromatic nitrogens is 5. The molecule has 2 aromatic heterocycles. The number of fused-ring (bicyclic) bond motifs is 1. The van der Waals surface area contributed by atoms with Gasteiger partial charge in [-0.1, -0.05) is 6.07 Å². The van der Waals surface area contributed by atoms with Crippen LogP contribution in [0.3, 0.4) is 0 Å². The summed E-state index contributed by atoms with van der Waals surface area (Å²) in [4.78, 5) is 6.59. The molecule has 0 unspecified atom stereocenters. The molecule has 20 heavy (non-hydrogen) atoms. The summed E-state index contributed by atoms with van der Waals surface area (Å²) in [6.07, 6.45) is 0. The van der Waals surface area contributed by atoms with E-state index in [1.165, 1.54) is 0 Å². The Kier molecular flexibility index (Phi) is 3.19. The summed E-state index contributed by atoms with van der Waals surface area (Å²) in [6.45, 7) is 3.44. The minimum Gasteiger partial charge on any atom is -0.295 e. The summed E-state index contributed by atoms with van der Waals surface area (Å²) in [5.74, 6) is 1.75. The van der Waals surface area contributed by atoms with E-state index >= 15 is 0 Å². The lowest BCUT2D eigenvalue weighted by Gasteiger charge is -2.15. The molecule has 7 heteroatoms. The van der Waals surface area contributed by atoms with Crippen molar-refractivity contribution >= 4 is 11.0 Å². The summed E-state index contributed by atoms with van der Waals surface area (Å²) in [6, 6.07) is 5.94. The van der Waals surface area contributed by atoms with Crippen LogP contribution in [0.15, 0.2) is 22.8 Å². The van der Waals surface area contributed by atoms with Crippen LogP contribution < -0.4 is 0 Å². The fourth-order valence-electron chi connectivity index (χ4n) is 2.23. The number of rotatable bonds is 4. The molecule has 0 radical (unpaired) electrons. The molecule has 0 atom stereocenters. The van der Waals surface area contributed by atoms with Gasteiger partial charge in [-0.3, -0.25) is 9.58 Å². The predicted molar refractivity (Wildman–Crippen MR) is 72.7 cm³/mol. The Balaban J connectivity index is 1.71. The lowest BCUT2D eigenvalue weighted by atomic mass is 10.2. The van der Waals surface area contributed by atoms with E-state index in [-0.39, 0.29) is 0 Å². The van der Waals surface area contributed by atoms with Gasteiger partial charge >= 0.3 is 0 Å². The molecular weight excluding hydrogens is 256 g/mol. The van der Waals surface area contributed by atoms with E-state index in [4.69, 9.17) is 4.63 Å².